The monoisotopic (exact) mass is 261 g/mol. The van der Waals surface area contributed by atoms with E-state index in [1.807, 2.05) is 18.7 Å². The van der Waals surface area contributed by atoms with E-state index in [0.717, 1.165) is 35.2 Å². The van der Waals surface area contributed by atoms with Crippen LogP contribution in [0.3, 0.4) is 0 Å². The Labute approximate surface area is 113 Å². The van der Waals surface area contributed by atoms with Gasteiger partial charge in [0.15, 0.2) is 5.65 Å². The van der Waals surface area contributed by atoms with Crippen LogP contribution in [0, 0.1) is 18.8 Å². The average Bonchev–Trinajstić information content (AvgIpc) is 2.80. The molecule has 0 spiro atoms. The van der Waals surface area contributed by atoms with E-state index in [4.69, 9.17) is 5.73 Å². The van der Waals surface area contributed by atoms with Crippen molar-refractivity contribution in [3.8, 4) is 0 Å². The number of rotatable bonds is 2. The normalized spacial score (nSPS) is 24.2. The Morgan fingerprint density at radius 3 is 2.89 bits per heavy atom. The number of nitrogens with zero attached hydrogens (tertiary/aromatic N) is 4. The maximum absolute atomic E-state index is 6.10. The van der Waals surface area contributed by atoms with E-state index in [1.54, 1.807) is 0 Å². The molecule has 19 heavy (non-hydrogen) atoms. The molecule has 2 N–H and O–H groups in total. The van der Waals surface area contributed by atoms with Crippen LogP contribution in [0.25, 0.3) is 11.2 Å². The minimum atomic E-state index is 0.629. The second kappa shape index (κ2) is 4.54. The van der Waals surface area contributed by atoms with E-state index in [-0.39, 0.29) is 0 Å². The Hall–Kier alpha value is -1.52. The maximum Gasteiger partial charge on any atom is 0.202 e. The largest absolute Gasteiger partial charge is 0.369 e. The Balaban J connectivity index is 1.93. The highest BCUT2D eigenvalue weighted by Crippen LogP contribution is 2.31. The molecule has 2 aromatic heterocycles. The quantitative estimate of drug-likeness (QED) is 0.903. The highest BCUT2D eigenvalue weighted by Gasteiger charge is 2.22. The molecule has 2 aromatic rings. The van der Waals surface area contributed by atoms with Crippen LogP contribution >= 0.6 is 0 Å². The van der Waals surface area contributed by atoms with Gasteiger partial charge in [-0.05, 0) is 31.6 Å². The number of hydrogen-bond donors (Lipinski definition) is 1. The van der Waals surface area contributed by atoms with Crippen LogP contribution in [0.5, 0.6) is 0 Å². The zero-order chi connectivity index (χ0) is 13.6. The average molecular weight is 261 g/mol. The summed E-state index contributed by atoms with van der Waals surface area (Å²) in [5, 5.41) is 4.44. The van der Waals surface area contributed by atoms with Crippen LogP contribution in [0.4, 0.5) is 5.95 Å². The number of fused-ring (bicyclic) bond motifs is 1. The van der Waals surface area contributed by atoms with Crippen molar-refractivity contribution < 1.29 is 0 Å². The Morgan fingerprint density at radius 2 is 2.16 bits per heavy atom. The summed E-state index contributed by atoms with van der Waals surface area (Å²) < 4.78 is 4.05. The lowest BCUT2D eigenvalue weighted by Crippen LogP contribution is -2.20. The third-order valence-electron chi connectivity index (χ3n) is 4.41. The summed E-state index contributed by atoms with van der Waals surface area (Å²) in [6.07, 6.45) is 5.32. The van der Waals surface area contributed by atoms with E-state index in [9.17, 15) is 0 Å². The second-order valence-corrected chi connectivity index (χ2v) is 6.10. The third kappa shape index (κ3) is 2.11. The first kappa shape index (κ1) is 12.5. The highest BCUT2D eigenvalue weighted by molar-refractivity contribution is 5.77. The number of aromatic nitrogens is 4. The van der Waals surface area contributed by atoms with Gasteiger partial charge in [0.05, 0.1) is 5.69 Å². The summed E-state index contributed by atoms with van der Waals surface area (Å²) in [6.45, 7) is 5.32. The highest BCUT2D eigenvalue weighted by atomic mass is 15.3. The van der Waals surface area contributed by atoms with Crippen LogP contribution in [0.2, 0.25) is 0 Å². The number of hydrogen-bond acceptors (Lipinski definition) is 3. The number of anilines is 1. The first-order chi connectivity index (χ1) is 9.06. The third-order valence-corrected chi connectivity index (χ3v) is 4.41. The summed E-state index contributed by atoms with van der Waals surface area (Å²) >= 11 is 0. The van der Waals surface area contributed by atoms with Crippen molar-refractivity contribution in [3.63, 3.8) is 0 Å². The standard InChI is InChI=1S/C14H23N5/c1-9-5-4-6-11(7-9)8-19-13-12(16-14(19)15)10(2)17-18(13)3/h9,11H,4-8H2,1-3H3,(H2,15,16). The molecule has 2 heterocycles. The van der Waals surface area contributed by atoms with E-state index < -0.39 is 0 Å². The van der Waals surface area contributed by atoms with Gasteiger partial charge < -0.3 is 5.73 Å². The molecular formula is C14H23N5. The molecule has 0 amide bonds. The lowest BCUT2D eigenvalue weighted by atomic mass is 9.82. The van der Waals surface area contributed by atoms with Gasteiger partial charge in [0.2, 0.25) is 5.95 Å². The molecule has 104 valence electrons. The Morgan fingerprint density at radius 1 is 1.37 bits per heavy atom. The predicted octanol–water partition coefficient (Wildman–Crippen LogP) is 2.49. The van der Waals surface area contributed by atoms with Crippen LogP contribution in [0.1, 0.15) is 38.3 Å². The zero-order valence-electron chi connectivity index (χ0n) is 12.1. The van der Waals surface area contributed by atoms with Crippen molar-refractivity contribution in [2.75, 3.05) is 5.73 Å². The van der Waals surface area contributed by atoms with E-state index in [0.29, 0.717) is 5.95 Å². The van der Waals surface area contributed by atoms with Gasteiger partial charge >= 0.3 is 0 Å². The number of imidazole rings is 1. The topological polar surface area (TPSA) is 61.7 Å². The Bertz CT molecular complexity index is 595. The van der Waals surface area contributed by atoms with Crippen LogP contribution < -0.4 is 5.73 Å². The molecule has 5 heteroatoms. The van der Waals surface area contributed by atoms with Crippen LogP contribution in [-0.4, -0.2) is 19.3 Å². The van der Waals surface area contributed by atoms with E-state index in [1.165, 1.54) is 25.7 Å². The van der Waals surface area contributed by atoms with Crippen LogP contribution in [-0.2, 0) is 13.6 Å². The van der Waals surface area contributed by atoms with Gasteiger partial charge in [0, 0.05) is 13.6 Å². The lowest BCUT2D eigenvalue weighted by molar-refractivity contribution is 0.259. The van der Waals surface area contributed by atoms with Gasteiger partial charge in [-0.2, -0.15) is 5.10 Å². The molecule has 0 aromatic carbocycles. The number of nitrogens with two attached hydrogens (primary N) is 1. The first-order valence-electron chi connectivity index (χ1n) is 7.21. The van der Waals surface area contributed by atoms with Gasteiger partial charge in [-0.15, -0.1) is 0 Å². The predicted molar refractivity (Wildman–Crippen MR) is 76.8 cm³/mol. The van der Waals surface area contributed by atoms with Gasteiger partial charge in [0.1, 0.15) is 5.52 Å². The zero-order valence-corrected chi connectivity index (χ0v) is 12.1. The van der Waals surface area contributed by atoms with Crippen molar-refractivity contribution in [2.24, 2.45) is 18.9 Å². The second-order valence-electron chi connectivity index (χ2n) is 6.10. The van der Waals surface area contributed by atoms with E-state index >= 15 is 0 Å². The summed E-state index contributed by atoms with van der Waals surface area (Å²) in [4.78, 5) is 4.48. The molecule has 0 saturated heterocycles. The first-order valence-corrected chi connectivity index (χ1v) is 7.21. The molecule has 1 saturated carbocycles. The molecule has 0 aliphatic heterocycles. The van der Waals surface area contributed by atoms with Gasteiger partial charge in [-0.3, -0.25) is 9.25 Å². The fraction of sp³-hybridized carbons (Fsp3) is 0.714. The SMILES string of the molecule is Cc1nn(C)c2c1nc(N)n2CC1CCCC(C)C1. The summed E-state index contributed by atoms with van der Waals surface area (Å²) in [6, 6.07) is 0. The van der Waals surface area contributed by atoms with Crippen LogP contribution in [0.15, 0.2) is 0 Å². The summed E-state index contributed by atoms with van der Waals surface area (Å²) in [5.41, 5.74) is 9.07. The smallest absolute Gasteiger partial charge is 0.202 e. The summed E-state index contributed by atoms with van der Waals surface area (Å²) in [5.74, 6) is 2.19. The molecule has 3 rings (SSSR count). The van der Waals surface area contributed by atoms with Crippen molar-refractivity contribution in [1.82, 2.24) is 19.3 Å². The van der Waals surface area contributed by atoms with Gasteiger partial charge in [0.25, 0.3) is 0 Å². The molecule has 1 aliphatic carbocycles. The summed E-state index contributed by atoms with van der Waals surface area (Å²) in [7, 11) is 1.97. The van der Waals surface area contributed by atoms with Gasteiger partial charge in [-0.25, -0.2) is 4.98 Å². The minimum absolute atomic E-state index is 0.629. The van der Waals surface area contributed by atoms with Gasteiger partial charge in [-0.1, -0.05) is 19.8 Å². The van der Waals surface area contributed by atoms with Crippen molar-refractivity contribution in [1.29, 1.82) is 0 Å². The molecule has 2 unspecified atom stereocenters. The number of nitrogen functional groups attached to an aromatic ring is 1. The Kier molecular flexibility index (Phi) is 2.99. The molecule has 5 nitrogen and oxygen atoms in total. The fourth-order valence-corrected chi connectivity index (χ4v) is 3.52. The molecule has 1 fully saturated rings. The minimum Gasteiger partial charge on any atom is -0.369 e. The van der Waals surface area contributed by atoms with E-state index in [2.05, 4.69) is 21.6 Å². The van der Waals surface area contributed by atoms with Crippen molar-refractivity contribution in [2.45, 2.75) is 46.1 Å². The fourth-order valence-electron chi connectivity index (χ4n) is 3.52. The van der Waals surface area contributed by atoms with Crippen molar-refractivity contribution in [3.05, 3.63) is 5.69 Å². The molecular weight excluding hydrogens is 238 g/mol. The molecule has 1 aliphatic rings. The number of aryl methyl sites for hydroxylation is 2. The maximum atomic E-state index is 6.10. The lowest BCUT2D eigenvalue weighted by Gasteiger charge is -2.27. The molecule has 0 bridgehead atoms. The molecule has 0 radical (unpaired) electrons. The van der Waals surface area contributed by atoms with Crippen molar-refractivity contribution >= 4 is 17.1 Å². The molecule has 2 atom stereocenters.